The van der Waals surface area contributed by atoms with Crippen molar-refractivity contribution in [2.24, 2.45) is 0 Å². The van der Waals surface area contributed by atoms with Crippen molar-refractivity contribution in [3.8, 4) is 11.5 Å². The van der Waals surface area contributed by atoms with Crippen LogP contribution in [0.4, 0.5) is 13.2 Å². The summed E-state index contributed by atoms with van der Waals surface area (Å²) in [5, 5.41) is 8.46. The lowest BCUT2D eigenvalue weighted by molar-refractivity contribution is -0.142. The lowest BCUT2D eigenvalue weighted by Crippen LogP contribution is -2.17. The monoisotopic (exact) mass is 278 g/mol. The molecule has 1 unspecified atom stereocenters. The number of hydrogen-bond donors (Lipinski definition) is 1. The molecule has 0 aliphatic rings. The van der Waals surface area contributed by atoms with E-state index in [2.05, 4.69) is 4.74 Å². The van der Waals surface area contributed by atoms with E-state index in [1.165, 1.54) is 18.2 Å². The molecule has 0 amide bonds. The zero-order valence-electron chi connectivity index (χ0n) is 10.1. The van der Waals surface area contributed by atoms with E-state index in [4.69, 9.17) is 9.84 Å². The van der Waals surface area contributed by atoms with Crippen molar-refractivity contribution in [3.63, 3.8) is 0 Å². The zero-order valence-corrected chi connectivity index (χ0v) is 10.1. The SMILES string of the molecule is CCOc1cc(CC(F)C(=O)O)ccc1OC(F)F. The number of hydrogen-bond acceptors (Lipinski definition) is 3. The van der Waals surface area contributed by atoms with Crippen LogP contribution in [0.1, 0.15) is 12.5 Å². The van der Waals surface area contributed by atoms with E-state index in [9.17, 15) is 18.0 Å². The second kappa shape index (κ2) is 6.86. The summed E-state index contributed by atoms with van der Waals surface area (Å²) >= 11 is 0. The second-order valence-electron chi connectivity index (χ2n) is 3.60. The molecule has 0 radical (unpaired) electrons. The molecular formula is C12H13F3O4. The second-order valence-corrected chi connectivity index (χ2v) is 3.60. The Balaban J connectivity index is 2.91. The zero-order chi connectivity index (χ0) is 14.4. The molecule has 0 saturated carbocycles. The smallest absolute Gasteiger partial charge is 0.387 e. The highest BCUT2D eigenvalue weighted by atomic mass is 19.3. The minimum atomic E-state index is -3.00. The van der Waals surface area contributed by atoms with Crippen molar-refractivity contribution in [1.82, 2.24) is 0 Å². The van der Waals surface area contributed by atoms with Crippen molar-refractivity contribution in [2.45, 2.75) is 26.1 Å². The third-order valence-electron chi connectivity index (χ3n) is 2.21. The van der Waals surface area contributed by atoms with E-state index in [1.807, 2.05) is 0 Å². The summed E-state index contributed by atoms with van der Waals surface area (Å²) in [4.78, 5) is 10.4. The first-order chi connectivity index (χ1) is 8.93. The predicted molar refractivity (Wildman–Crippen MR) is 60.5 cm³/mol. The third kappa shape index (κ3) is 4.69. The first-order valence-electron chi connectivity index (χ1n) is 5.51. The van der Waals surface area contributed by atoms with Gasteiger partial charge < -0.3 is 14.6 Å². The number of carbonyl (C=O) groups is 1. The Kier molecular flexibility index (Phi) is 5.47. The number of benzene rings is 1. The Morgan fingerprint density at radius 1 is 1.32 bits per heavy atom. The molecule has 0 saturated heterocycles. The molecule has 0 fully saturated rings. The van der Waals surface area contributed by atoms with Gasteiger partial charge in [-0.25, -0.2) is 9.18 Å². The largest absolute Gasteiger partial charge is 0.490 e. The van der Waals surface area contributed by atoms with Gasteiger partial charge in [0.05, 0.1) is 6.61 Å². The average Bonchev–Trinajstić information content (AvgIpc) is 2.32. The Hall–Kier alpha value is -1.92. The van der Waals surface area contributed by atoms with Gasteiger partial charge in [-0.3, -0.25) is 0 Å². The van der Waals surface area contributed by atoms with Crippen LogP contribution in [0.25, 0.3) is 0 Å². The predicted octanol–water partition coefficient (Wildman–Crippen LogP) is 2.65. The summed E-state index contributed by atoms with van der Waals surface area (Å²) in [7, 11) is 0. The van der Waals surface area contributed by atoms with Gasteiger partial charge in [0.25, 0.3) is 0 Å². The van der Waals surface area contributed by atoms with Crippen LogP contribution in [0.15, 0.2) is 18.2 Å². The Morgan fingerprint density at radius 2 is 2.00 bits per heavy atom. The van der Waals surface area contributed by atoms with Gasteiger partial charge in [-0.15, -0.1) is 0 Å². The molecule has 0 spiro atoms. The van der Waals surface area contributed by atoms with Crippen molar-refractivity contribution in [2.75, 3.05) is 6.61 Å². The van der Waals surface area contributed by atoms with Gasteiger partial charge in [0, 0.05) is 6.42 Å². The number of rotatable bonds is 7. The van der Waals surface area contributed by atoms with Crippen LogP contribution in [-0.2, 0) is 11.2 Å². The molecule has 0 aromatic heterocycles. The van der Waals surface area contributed by atoms with Crippen LogP contribution in [0.2, 0.25) is 0 Å². The maximum Gasteiger partial charge on any atom is 0.387 e. The van der Waals surface area contributed by atoms with E-state index >= 15 is 0 Å². The van der Waals surface area contributed by atoms with Crippen LogP contribution in [0, 0.1) is 0 Å². The Bertz CT molecular complexity index is 437. The highest BCUT2D eigenvalue weighted by molar-refractivity contribution is 5.72. The van der Waals surface area contributed by atoms with Gasteiger partial charge in [0.1, 0.15) is 0 Å². The standard InChI is InChI=1S/C12H13F3O4/c1-2-18-10-6-7(5-8(13)11(16)17)3-4-9(10)19-12(14)15/h3-4,6,8,12H,2,5H2,1H3,(H,16,17). The van der Waals surface area contributed by atoms with Gasteiger partial charge in [-0.05, 0) is 24.6 Å². The minimum Gasteiger partial charge on any atom is -0.490 e. The van der Waals surface area contributed by atoms with Gasteiger partial charge in [0.2, 0.25) is 6.17 Å². The van der Waals surface area contributed by atoms with E-state index in [1.54, 1.807) is 6.92 Å². The molecule has 0 bridgehead atoms. The molecule has 1 aromatic carbocycles. The van der Waals surface area contributed by atoms with Crippen LogP contribution in [0.5, 0.6) is 11.5 Å². The van der Waals surface area contributed by atoms with Gasteiger partial charge in [-0.2, -0.15) is 8.78 Å². The summed E-state index contributed by atoms with van der Waals surface area (Å²) in [6.07, 6.45) is -2.43. The first-order valence-corrected chi connectivity index (χ1v) is 5.51. The van der Waals surface area contributed by atoms with Gasteiger partial charge in [0.15, 0.2) is 11.5 Å². The first kappa shape index (κ1) is 15.1. The summed E-state index contributed by atoms with van der Waals surface area (Å²) in [5.74, 6) is -1.73. The van der Waals surface area contributed by atoms with E-state index in [0.717, 1.165) is 0 Å². The van der Waals surface area contributed by atoms with E-state index < -0.39 is 18.8 Å². The van der Waals surface area contributed by atoms with Crippen LogP contribution < -0.4 is 9.47 Å². The lowest BCUT2D eigenvalue weighted by Gasteiger charge is -2.13. The minimum absolute atomic E-state index is 0.0258. The molecule has 1 N–H and O–H groups in total. The number of carboxylic acids is 1. The van der Waals surface area contributed by atoms with Crippen molar-refractivity contribution < 1.29 is 32.5 Å². The number of aliphatic carboxylic acids is 1. The van der Waals surface area contributed by atoms with Crippen molar-refractivity contribution in [3.05, 3.63) is 23.8 Å². The quantitative estimate of drug-likeness (QED) is 0.833. The highest BCUT2D eigenvalue weighted by Gasteiger charge is 2.18. The number of carboxylic acid groups (broad SMARTS) is 1. The Morgan fingerprint density at radius 3 is 2.53 bits per heavy atom. The maximum atomic E-state index is 13.0. The molecular weight excluding hydrogens is 265 g/mol. The Labute approximate surface area is 107 Å². The molecule has 1 atom stereocenters. The molecule has 106 valence electrons. The molecule has 0 heterocycles. The summed E-state index contributed by atoms with van der Waals surface area (Å²) < 4.78 is 46.7. The maximum absolute atomic E-state index is 13.0. The number of halogens is 3. The fourth-order valence-corrected chi connectivity index (χ4v) is 1.44. The molecule has 0 aliphatic heterocycles. The third-order valence-corrected chi connectivity index (χ3v) is 2.21. The van der Waals surface area contributed by atoms with Crippen LogP contribution in [0.3, 0.4) is 0 Å². The number of alkyl halides is 3. The van der Waals surface area contributed by atoms with Crippen LogP contribution in [-0.4, -0.2) is 30.5 Å². The summed E-state index contributed by atoms with van der Waals surface area (Å²) in [5.41, 5.74) is 0.319. The topological polar surface area (TPSA) is 55.8 Å². The molecule has 1 rings (SSSR count). The van der Waals surface area contributed by atoms with Crippen molar-refractivity contribution >= 4 is 5.97 Å². The normalized spacial score (nSPS) is 12.3. The summed E-state index contributed by atoms with van der Waals surface area (Å²) in [6, 6.07) is 3.80. The average molecular weight is 278 g/mol. The summed E-state index contributed by atoms with van der Waals surface area (Å²) in [6.45, 7) is -1.15. The molecule has 19 heavy (non-hydrogen) atoms. The van der Waals surface area contributed by atoms with Crippen molar-refractivity contribution in [1.29, 1.82) is 0 Å². The molecule has 1 aromatic rings. The highest BCUT2D eigenvalue weighted by Crippen LogP contribution is 2.30. The van der Waals surface area contributed by atoms with Gasteiger partial charge >= 0.3 is 12.6 Å². The van der Waals surface area contributed by atoms with Crippen LogP contribution >= 0.6 is 0 Å². The molecule has 0 aliphatic carbocycles. The molecule has 7 heteroatoms. The van der Waals surface area contributed by atoms with Gasteiger partial charge in [-0.1, -0.05) is 6.07 Å². The molecule has 4 nitrogen and oxygen atoms in total. The lowest BCUT2D eigenvalue weighted by atomic mass is 10.1. The van der Waals surface area contributed by atoms with E-state index in [0.29, 0.717) is 5.56 Å². The van der Waals surface area contributed by atoms with E-state index in [-0.39, 0.29) is 24.5 Å². The fourth-order valence-electron chi connectivity index (χ4n) is 1.44. The number of ether oxygens (including phenoxy) is 2. The fraction of sp³-hybridized carbons (Fsp3) is 0.417.